The molecule has 0 aliphatic heterocycles. The molecule has 1 saturated carbocycles. The molecule has 21 heavy (non-hydrogen) atoms. The van der Waals surface area contributed by atoms with Crippen LogP contribution in [-0.4, -0.2) is 29.6 Å². The van der Waals surface area contributed by atoms with E-state index in [1.165, 1.54) is 25.7 Å². The molecule has 0 aromatic carbocycles. The van der Waals surface area contributed by atoms with Gasteiger partial charge in [-0.05, 0) is 18.8 Å². The van der Waals surface area contributed by atoms with E-state index in [-0.39, 0.29) is 0 Å². The third-order valence-corrected chi connectivity index (χ3v) is 4.12. The molecular formula is C17H30N4. The van der Waals surface area contributed by atoms with Crippen LogP contribution in [0.15, 0.2) is 6.07 Å². The van der Waals surface area contributed by atoms with Crippen molar-refractivity contribution in [2.75, 3.05) is 23.8 Å². The van der Waals surface area contributed by atoms with Crippen molar-refractivity contribution in [2.24, 2.45) is 5.92 Å². The van der Waals surface area contributed by atoms with Crippen molar-refractivity contribution in [3.05, 3.63) is 11.9 Å². The molecule has 118 valence electrons. The second-order valence-electron chi connectivity index (χ2n) is 6.86. The van der Waals surface area contributed by atoms with Crippen LogP contribution < -0.4 is 10.2 Å². The Morgan fingerprint density at radius 3 is 2.38 bits per heavy atom. The number of nitrogens with one attached hydrogen (secondary N) is 1. The fourth-order valence-electron chi connectivity index (χ4n) is 3.02. The summed E-state index contributed by atoms with van der Waals surface area (Å²) in [5, 5.41) is 3.18. The minimum Gasteiger partial charge on any atom is -0.373 e. The number of aromatic nitrogens is 2. The van der Waals surface area contributed by atoms with E-state index in [4.69, 9.17) is 4.98 Å². The highest BCUT2D eigenvalue weighted by Crippen LogP contribution is 2.29. The van der Waals surface area contributed by atoms with Crippen molar-refractivity contribution in [1.29, 1.82) is 0 Å². The largest absolute Gasteiger partial charge is 0.373 e. The Morgan fingerprint density at radius 1 is 1.19 bits per heavy atom. The van der Waals surface area contributed by atoms with Crippen molar-refractivity contribution in [2.45, 2.75) is 65.3 Å². The maximum atomic E-state index is 4.85. The summed E-state index contributed by atoms with van der Waals surface area (Å²) in [6.07, 6.45) is 5.28. The summed E-state index contributed by atoms with van der Waals surface area (Å²) in [5.41, 5.74) is 0. The number of rotatable bonds is 6. The highest BCUT2D eigenvalue weighted by atomic mass is 15.2. The van der Waals surface area contributed by atoms with Crippen LogP contribution in [0.3, 0.4) is 0 Å². The Balaban J connectivity index is 2.35. The maximum Gasteiger partial charge on any atom is 0.135 e. The third-order valence-electron chi connectivity index (χ3n) is 4.12. The van der Waals surface area contributed by atoms with Crippen LogP contribution in [0.2, 0.25) is 0 Å². The van der Waals surface area contributed by atoms with Gasteiger partial charge in [-0.15, -0.1) is 0 Å². The molecule has 0 radical (unpaired) electrons. The Kier molecular flexibility index (Phi) is 5.43. The number of nitrogens with zero attached hydrogens (tertiary/aromatic N) is 3. The average molecular weight is 290 g/mol. The number of hydrogen-bond donors (Lipinski definition) is 1. The topological polar surface area (TPSA) is 41.0 Å². The molecule has 4 nitrogen and oxygen atoms in total. The standard InChI is InChI=1S/C17H30N4/c1-12(2)11-21(14-8-6-7-9-14)16-10-15(18-5)19-17(20-16)13(3)4/h10,12-14H,6-9,11H2,1-5H3,(H,18,19,20). The van der Waals surface area contributed by atoms with Gasteiger partial charge < -0.3 is 10.2 Å². The first-order valence-electron chi connectivity index (χ1n) is 8.34. The summed E-state index contributed by atoms with van der Waals surface area (Å²) in [6.45, 7) is 9.95. The van der Waals surface area contributed by atoms with Gasteiger partial charge >= 0.3 is 0 Å². The lowest BCUT2D eigenvalue weighted by Gasteiger charge is -2.32. The Morgan fingerprint density at radius 2 is 1.86 bits per heavy atom. The van der Waals surface area contributed by atoms with Crippen molar-refractivity contribution >= 4 is 11.6 Å². The molecule has 0 amide bonds. The van der Waals surface area contributed by atoms with E-state index >= 15 is 0 Å². The molecule has 1 aromatic rings. The molecule has 0 saturated heterocycles. The Bertz CT molecular complexity index is 450. The predicted octanol–water partition coefficient (Wildman–Crippen LogP) is 4.05. The Labute approximate surface area is 129 Å². The lowest BCUT2D eigenvalue weighted by molar-refractivity contribution is 0.529. The molecule has 0 unspecified atom stereocenters. The van der Waals surface area contributed by atoms with Crippen LogP contribution in [0.5, 0.6) is 0 Å². The Hall–Kier alpha value is -1.32. The lowest BCUT2D eigenvalue weighted by Crippen LogP contribution is -2.37. The smallest absolute Gasteiger partial charge is 0.135 e. The average Bonchev–Trinajstić information content (AvgIpc) is 2.97. The second-order valence-corrected chi connectivity index (χ2v) is 6.86. The van der Waals surface area contributed by atoms with E-state index in [0.29, 0.717) is 17.9 Å². The zero-order chi connectivity index (χ0) is 15.4. The summed E-state index contributed by atoms with van der Waals surface area (Å²) in [4.78, 5) is 12.0. The summed E-state index contributed by atoms with van der Waals surface area (Å²) in [6, 6.07) is 2.75. The van der Waals surface area contributed by atoms with Crippen LogP contribution in [-0.2, 0) is 0 Å². The fraction of sp³-hybridized carbons (Fsp3) is 0.765. The molecule has 2 rings (SSSR count). The van der Waals surface area contributed by atoms with Crippen LogP contribution in [0.25, 0.3) is 0 Å². The second kappa shape index (κ2) is 7.10. The zero-order valence-corrected chi connectivity index (χ0v) is 14.2. The van der Waals surface area contributed by atoms with Crippen LogP contribution in [0.4, 0.5) is 11.6 Å². The molecule has 0 bridgehead atoms. The highest BCUT2D eigenvalue weighted by Gasteiger charge is 2.25. The van der Waals surface area contributed by atoms with E-state index in [0.717, 1.165) is 24.0 Å². The molecule has 1 fully saturated rings. The highest BCUT2D eigenvalue weighted by molar-refractivity contribution is 5.50. The quantitative estimate of drug-likeness (QED) is 0.858. The number of anilines is 2. The lowest BCUT2D eigenvalue weighted by atomic mass is 10.1. The summed E-state index contributed by atoms with van der Waals surface area (Å²) < 4.78 is 0. The molecule has 1 aromatic heterocycles. The van der Waals surface area contributed by atoms with Gasteiger partial charge in [-0.2, -0.15) is 0 Å². The predicted molar refractivity (Wildman–Crippen MR) is 90.1 cm³/mol. The van der Waals surface area contributed by atoms with Crippen LogP contribution in [0.1, 0.15) is 65.1 Å². The third kappa shape index (κ3) is 4.08. The van der Waals surface area contributed by atoms with Gasteiger partial charge in [0, 0.05) is 31.6 Å². The van der Waals surface area contributed by atoms with E-state index in [9.17, 15) is 0 Å². The van der Waals surface area contributed by atoms with Crippen molar-refractivity contribution in [3.63, 3.8) is 0 Å². The molecule has 0 atom stereocenters. The van der Waals surface area contributed by atoms with Gasteiger partial charge in [0.1, 0.15) is 17.5 Å². The molecule has 1 aliphatic carbocycles. The first kappa shape index (κ1) is 16.1. The van der Waals surface area contributed by atoms with Crippen LogP contribution >= 0.6 is 0 Å². The molecule has 1 N–H and O–H groups in total. The normalized spacial score (nSPS) is 16.0. The van der Waals surface area contributed by atoms with E-state index < -0.39 is 0 Å². The summed E-state index contributed by atoms with van der Waals surface area (Å²) >= 11 is 0. The van der Waals surface area contributed by atoms with Gasteiger partial charge in [-0.3, -0.25) is 0 Å². The zero-order valence-electron chi connectivity index (χ0n) is 14.2. The number of hydrogen-bond acceptors (Lipinski definition) is 4. The summed E-state index contributed by atoms with van der Waals surface area (Å²) in [5.74, 6) is 3.94. The first-order chi connectivity index (χ1) is 10.0. The molecular weight excluding hydrogens is 260 g/mol. The van der Waals surface area contributed by atoms with Gasteiger partial charge in [0.15, 0.2) is 0 Å². The molecule has 4 heteroatoms. The fourth-order valence-corrected chi connectivity index (χ4v) is 3.02. The molecule has 1 heterocycles. The minimum absolute atomic E-state index is 0.349. The van der Waals surface area contributed by atoms with E-state index in [1.807, 2.05) is 7.05 Å². The molecule has 1 aliphatic rings. The minimum atomic E-state index is 0.349. The molecule has 0 spiro atoms. The van der Waals surface area contributed by atoms with Gasteiger partial charge in [-0.25, -0.2) is 9.97 Å². The monoisotopic (exact) mass is 290 g/mol. The van der Waals surface area contributed by atoms with Crippen molar-refractivity contribution in [3.8, 4) is 0 Å². The van der Waals surface area contributed by atoms with Crippen LogP contribution in [0, 0.1) is 5.92 Å². The van der Waals surface area contributed by atoms with E-state index in [1.54, 1.807) is 0 Å². The van der Waals surface area contributed by atoms with Gasteiger partial charge in [0.2, 0.25) is 0 Å². The van der Waals surface area contributed by atoms with Crippen molar-refractivity contribution in [1.82, 2.24) is 9.97 Å². The van der Waals surface area contributed by atoms with Gasteiger partial charge in [-0.1, -0.05) is 40.5 Å². The SMILES string of the molecule is CNc1cc(N(CC(C)C)C2CCCC2)nc(C(C)C)n1. The first-order valence-corrected chi connectivity index (χ1v) is 8.34. The maximum absolute atomic E-state index is 4.85. The van der Waals surface area contributed by atoms with E-state index in [2.05, 4.69) is 49.0 Å². The van der Waals surface area contributed by atoms with Crippen molar-refractivity contribution < 1.29 is 0 Å². The van der Waals surface area contributed by atoms with Gasteiger partial charge in [0.05, 0.1) is 0 Å². The summed E-state index contributed by atoms with van der Waals surface area (Å²) in [7, 11) is 1.93. The van der Waals surface area contributed by atoms with Gasteiger partial charge in [0.25, 0.3) is 0 Å².